The Morgan fingerprint density at radius 2 is 1.50 bits per heavy atom. The van der Waals surface area contributed by atoms with Crippen molar-refractivity contribution in [1.29, 1.82) is 0 Å². The predicted octanol–water partition coefficient (Wildman–Crippen LogP) is 5.73. The van der Waals surface area contributed by atoms with Crippen molar-refractivity contribution in [2.24, 2.45) is 11.8 Å². The maximum atomic E-state index is 12.7. The van der Waals surface area contributed by atoms with Crippen molar-refractivity contribution < 1.29 is 8.89 Å². The standard InChI is InChI=1S/C25H28O2Si/c1-2-25(23(18-19-28(26)27-25)20-12-6-3-7-13-20)24(21-14-8-4-9-15-21)22-16-10-5-11-17-22/h1,4-5,8-11,14-17,20,23-24H,3,6-7,12-13,18-19H2. The summed E-state index contributed by atoms with van der Waals surface area (Å²) < 4.78 is 19.1. The fourth-order valence-electron chi connectivity index (χ4n) is 5.40. The largest absolute Gasteiger partial charge is 0.506 e. The van der Waals surface area contributed by atoms with Crippen molar-refractivity contribution in [2.75, 3.05) is 0 Å². The van der Waals surface area contributed by atoms with Gasteiger partial charge in [0.25, 0.3) is 0 Å². The normalized spacial score (nSPS) is 25.9. The highest BCUT2D eigenvalue weighted by Crippen LogP contribution is 2.51. The third kappa shape index (κ3) is 3.58. The molecular formula is C25H28O2Si. The molecule has 2 aromatic carbocycles. The first-order valence-corrected chi connectivity index (χ1v) is 12.1. The number of hydrogen-bond donors (Lipinski definition) is 0. The van der Waals surface area contributed by atoms with Crippen LogP contribution in [0, 0.1) is 24.2 Å². The molecule has 3 heteroatoms. The highest BCUT2D eigenvalue weighted by Gasteiger charge is 2.53. The van der Waals surface area contributed by atoms with Gasteiger partial charge in [-0.25, -0.2) is 0 Å². The van der Waals surface area contributed by atoms with Crippen molar-refractivity contribution in [1.82, 2.24) is 0 Å². The van der Waals surface area contributed by atoms with E-state index in [0.29, 0.717) is 12.0 Å². The molecule has 0 bridgehead atoms. The van der Waals surface area contributed by atoms with Crippen molar-refractivity contribution in [3.05, 3.63) is 71.8 Å². The maximum Gasteiger partial charge on any atom is 0.503 e. The van der Waals surface area contributed by atoms with E-state index < -0.39 is 14.5 Å². The molecule has 0 N–H and O–H groups in total. The Bertz CT molecular complexity index is 796. The summed E-state index contributed by atoms with van der Waals surface area (Å²) in [4.78, 5) is 0. The number of hydrogen-bond acceptors (Lipinski definition) is 2. The smallest absolute Gasteiger partial charge is 0.503 e. The SMILES string of the molecule is C#CC1(C(c2ccccc2)c2ccccc2)O[Si](=O)CCC1C1CCCCC1. The molecule has 4 rings (SSSR count). The second-order valence-corrected chi connectivity index (χ2v) is 9.66. The summed E-state index contributed by atoms with van der Waals surface area (Å²) in [6.45, 7) is 0. The van der Waals surface area contributed by atoms with E-state index in [2.05, 4.69) is 54.5 Å². The van der Waals surface area contributed by atoms with Gasteiger partial charge in [0.05, 0.1) is 5.92 Å². The van der Waals surface area contributed by atoms with Crippen molar-refractivity contribution >= 4 is 8.93 Å². The van der Waals surface area contributed by atoms with Gasteiger partial charge >= 0.3 is 8.93 Å². The molecule has 2 unspecified atom stereocenters. The van der Waals surface area contributed by atoms with Gasteiger partial charge in [-0.3, -0.25) is 0 Å². The molecule has 0 spiro atoms. The fourth-order valence-corrected chi connectivity index (χ4v) is 6.75. The first-order chi connectivity index (χ1) is 13.7. The van der Waals surface area contributed by atoms with Crippen LogP contribution in [0.3, 0.4) is 0 Å². The van der Waals surface area contributed by atoms with Crippen LogP contribution in [-0.4, -0.2) is 14.5 Å². The Balaban J connectivity index is 1.86. The van der Waals surface area contributed by atoms with Gasteiger partial charge in [-0.2, -0.15) is 0 Å². The van der Waals surface area contributed by atoms with E-state index in [0.717, 1.165) is 17.5 Å². The zero-order chi connectivity index (χ0) is 19.4. The van der Waals surface area contributed by atoms with Crippen LogP contribution in [0.1, 0.15) is 55.6 Å². The van der Waals surface area contributed by atoms with E-state index in [1.165, 1.54) is 32.1 Å². The van der Waals surface area contributed by atoms with E-state index in [9.17, 15) is 4.46 Å². The Hall–Kier alpha value is -2.18. The molecule has 28 heavy (non-hydrogen) atoms. The Kier molecular flexibility index (Phi) is 5.78. The van der Waals surface area contributed by atoms with Gasteiger partial charge in [-0.15, -0.1) is 6.42 Å². The fraction of sp³-hybridized carbons (Fsp3) is 0.440. The average Bonchev–Trinajstić information content (AvgIpc) is 2.76. The first kappa shape index (κ1) is 19.1. The molecule has 0 aromatic heterocycles. The second kappa shape index (κ2) is 8.45. The van der Waals surface area contributed by atoms with Gasteiger partial charge in [0, 0.05) is 12.0 Å². The molecule has 1 saturated carbocycles. The van der Waals surface area contributed by atoms with Crippen molar-refractivity contribution in [3.8, 4) is 12.3 Å². The summed E-state index contributed by atoms with van der Waals surface area (Å²) in [6.07, 6.45) is 13.4. The predicted molar refractivity (Wildman–Crippen MR) is 113 cm³/mol. The van der Waals surface area contributed by atoms with Crippen LogP contribution in [0.2, 0.25) is 6.04 Å². The molecular weight excluding hydrogens is 360 g/mol. The lowest BCUT2D eigenvalue weighted by Crippen LogP contribution is -2.53. The lowest BCUT2D eigenvalue weighted by Gasteiger charge is -2.49. The summed E-state index contributed by atoms with van der Waals surface area (Å²) in [5.74, 6) is 3.78. The third-order valence-electron chi connectivity index (χ3n) is 6.63. The molecule has 0 amide bonds. The van der Waals surface area contributed by atoms with Gasteiger partial charge in [0.2, 0.25) is 0 Å². The monoisotopic (exact) mass is 388 g/mol. The number of terminal acetylenes is 1. The van der Waals surface area contributed by atoms with E-state index in [1.54, 1.807) is 0 Å². The van der Waals surface area contributed by atoms with Crippen LogP contribution in [0.4, 0.5) is 0 Å². The molecule has 1 aliphatic heterocycles. The topological polar surface area (TPSA) is 26.3 Å². The minimum absolute atomic E-state index is 0.110. The van der Waals surface area contributed by atoms with Crippen molar-refractivity contribution in [2.45, 2.75) is 56.1 Å². The van der Waals surface area contributed by atoms with Gasteiger partial charge in [0.15, 0.2) is 5.60 Å². The minimum Gasteiger partial charge on any atom is -0.506 e. The highest BCUT2D eigenvalue weighted by molar-refractivity contribution is 6.35. The zero-order valence-electron chi connectivity index (χ0n) is 16.3. The Morgan fingerprint density at radius 1 is 0.929 bits per heavy atom. The van der Waals surface area contributed by atoms with Gasteiger partial charge in [0.1, 0.15) is 0 Å². The minimum atomic E-state index is -2.13. The summed E-state index contributed by atoms with van der Waals surface area (Å²) in [5.41, 5.74) is 1.44. The molecule has 2 aliphatic rings. The van der Waals surface area contributed by atoms with Gasteiger partial charge < -0.3 is 8.89 Å². The zero-order valence-corrected chi connectivity index (χ0v) is 17.3. The van der Waals surface area contributed by atoms with Crippen molar-refractivity contribution in [3.63, 3.8) is 0 Å². The molecule has 2 aromatic rings. The van der Waals surface area contributed by atoms with Crippen LogP contribution in [0.25, 0.3) is 0 Å². The van der Waals surface area contributed by atoms with E-state index in [-0.39, 0.29) is 11.8 Å². The third-order valence-corrected chi connectivity index (χ3v) is 7.89. The van der Waals surface area contributed by atoms with E-state index in [1.807, 2.05) is 12.1 Å². The van der Waals surface area contributed by atoms with Gasteiger partial charge in [-0.1, -0.05) is 85.8 Å². The van der Waals surface area contributed by atoms with Crippen LogP contribution in [0.15, 0.2) is 60.7 Å². The quantitative estimate of drug-likeness (QED) is 0.494. The molecule has 2 atom stereocenters. The van der Waals surface area contributed by atoms with Crippen LogP contribution in [0.5, 0.6) is 0 Å². The second-order valence-electron chi connectivity index (χ2n) is 8.21. The number of rotatable bonds is 4. The molecule has 1 heterocycles. The summed E-state index contributed by atoms with van der Waals surface area (Å²) in [6, 6.07) is 21.4. The summed E-state index contributed by atoms with van der Waals surface area (Å²) in [7, 11) is -2.13. The van der Waals surface area contributed by atoms with E-state index >= 15 is 0 Å². The summed E-state index contributed by atoms with van der Waals surface area (Å²) in [5, 5.41) is 0. The summed E-state index contributed by atoms with van der Waals surface area (Å²) >= 11 is 0. The molecule has 144 valence electrons. The molecule has 1 aliphatic carbocycles. The lowest BCUT2D eigenvalue weighted by molar-refractivity contribution is -0.0171. The molecule has 1 saturated heterocycles. The molecule has 2 fully saturated rings. The first-order valence-electron chi connectivity index (χ1n) is 10.5. The number of benzene rings is 2. The lowest BCUT2D eigenvalue weighted by atomic mass is 9.63. The van der Waals surface area contributed by atoms with Crippen LogP contribution in [-0.2, 0) is 8.89 Å². The van der Waals surface area contributed by atoms with Crippen LogP contribution < -0.4 is 0 Å². The maximum absolute atomic E-state index is 12.7. The van der Waals surface area contributed by atoms with Crippen LogP contribution >= 0.6 is 0 Å². The Morgan fingerprint density at radius 3 is 2.04 bits per heavy atom. The highest BCUT2D eigenvalue weighted by atomic mass is 28.3. The van der Waals surface area contributed by atoms with E-state index in [4.69, 9.17) is 10.8 Å². The average molecular weight is 389 g/mol. The van der Waals surface area contributed by atoms with Gasteiger partial charge in [-0.05, 0) is 36.3 Å². The molecule has 0 radical (unpaired) electrons. The molecule has 2 nitrogen and oxygen atoms in total. The Labute approximate surface area is 170 Å².